The molecule has 102 valence electrons. The van der Waals surface area contributed by atoms with Gasteiger partial charge >= 0.3 is 6.03 Å². The molecule has 1 aliphatic rings. The number of hydrogen-bond acceptors (Lipinski definition) is 4. The van der Waals surface area contributed by atoms with Gasteiger partial charge in [0.2, 0.25) is 0 Å². The van der Waals surface area contributed by atoms with E-state index in [0.717, 1.165) is 19.5 Å². The van der Waals surface area contributed by atoms with Crippen LogP contribution in [0.3, 0.4) is 0 Å². The number of rotatable bonds is 3. The summed E-state index contributed by atoms with van der Waals surface area (Å²) in [6.07, 6.45) is 0.857. The molecule has 1 unspecified atom stereocenters. The molecule has 1 atom stereocenters. The SMILES string of the molecule is CC1(NC(=O)Nc2cccc([N+](=O)[O-])c2)CCNC1. The maximum atomic E-state index is 11.8. The Morgan fingerprint density at radius 2 is 2.32 bits per heavy atom. The number of benzene rings is 1. The normalized spacial score (nSPS) is 21.9. The average molecular weight is 264 g/mol. The topological polar surface area (TPSA) is 96.3 Å². The molecule has 1 aromatic rings. The largest absolute Gasteiger partial charge is 0.331 e. The Balaban J connectivity index is 1.98. The van der Waals surface area contributed by atoms with Crippen molar-refractivity contribution >= 4 is 17.4 Å². The Hall–Kier alpha value is -2.15. The number of carbonyl (C=O) groups is 1. The van der Waals surface area contributed by atoms with Crippen LogP contribution in [0.5, 0.6) is 0 Å². The second kappa shape index (κ2) is 5.23. The van der Waals surface area contributed by atoms with E-state index in [1.54, 1.807) is 6.07 Å². The Bertz CT molecular complexity index is 498. The van der Waals surface area contributed by atoms with Crippen molar-refractivity contribution in [1.29, 1.82) is 0 Å². The van der Waals surface area contributed by atoms with Crippen LogP contribution >= 0.6 is 0 Å². The van der Waals surface area contributed by atoms with Gasteiger partial charge in [-0.05, 0) is 26.0 Å². The van der Waals surface area contributed by atoms with Gasteiger partial charge in [0, 0.05) is 24.4 Å². The van der Waals surface area contributed by atoms with Crippen LogP contribution in [0.25, 0.3) is 0 Å². The first kappa shape index (κ1) is 13.3. The second-order valence-corrected chi connectivity index (χ2v) is 4.87. The van der Waals surface area contributed by atoms with Crippen LogP contribution < -0.4 is 16.0 Å². The summed E-state index contributed by atoms with van der Waals surface area (Å²) in [7, 11) is 0. The van der Waals surface area contributed by atoms with Crippen LogP contribution in [0, 0.1) is 10.1 Å². The highest BCUT2D eigenvalue weighted by Crippen LogP contribution is 2.18. The Kier molecular flexibility index (Phi) is 3.66. The highest BCUT2D eigenvalue weighted by molar-refractivity contribution is 5.90. The van der Waals surface area contributed by atoms with Crippen LogP contribution in [0.1, 0.15) is 13.3 Å². The standard InChI is InChI=1S/C12H16N4O3/c1-12(5-6-13-8-12)15-11(17)14-9-3-2-4-10(7-9)16(18)19/h2-4,7,13H,5-6,8H2,1H3,(H2,14,15,17). The average Bonchev–Trinajstić information content (AvgIpc) is 2.75. The second-order valence-electron chi connectivity index (χ2n) is 4.87. The molecule has 1 heterocycles. The number of nitrogens with zero attached hydrogens (tertiary/aromatic N) is 1. The van der Waals surface area contributed by atoms with Crippen molar-refractivity contribution in [3.05, 3.63) is 34.4 Å². The van der Waals surface area contributed by atoms with Crippen molar-refractivity contribution in [1.82, 2.24) is 10.6 Å². The van der Waals surface area contributed by atoms with Crippen molar-refractivity contribution in [3.8, 4) is 0 Å². The number of nitro groups is 1. The van der Waals surface area contributed by atoms with E-state index in [4.69, 9.17) is 0 Å². The zero-order valence-corrected chi connectivity index (χ0v) is 10.6. The summed E-state index contributed by atoms with van der Waals surface area (Å²) in [6.45, 7) is 3.54. The predicted molar refractivity (Wildman–Crippen MR) is 71.1 cm³/mol. The van der Waals surface area contributed by atoms with Crippen molar-refractivity contribution < 1.29 is 9.72 Å². The van der Waals surface area contributed by atoms with E-state index in [2.05, 4.69) is 16.0 Å². The molecular weight excluding hydrogens is 248 g/mol. The van der Waals surface area contributed by atoms with Crippen LogP contribution in [0.2, 0.25) is 0 Å². The fourth-order valence-electron chi connectivity index (χ4n) is 2.06. The molecule has 0 aromatic heterocycles. The van der Waals surface area contributed by atoms with Gasteiger partial charge in [0.15, 0.2) is 0 Å². The molecule has 3 N–H and O–H groups in total. The fraction of sp³-hybridized carbons (Fsp3) is 0.417. The van der Waals surface area contributed by atoms with Crippen molar-refractivity contribution in [3.63, 3.8) is 0 Å². The molecule has 0 bridgehead atoms. The number of non-ortho nitro benzene ring substituents is 1. The molecule has 7 heteroatoms. The van der Waals surface area contributed by atoms with E-state index >= 15 is 0 Å². The van der Waals surface area contributed by atoms with Gasteiger partial charge in [0.1, 0.15) is 0 Å². The monoisotopic (exact) mass is 264 g/mol. The van der Waals surface area contributed by atoms with Crippen LogP contribution in [-0.4, -0.2) is 29.6 Å². The van der Waals surface area contributed by atoms with E-state index in [1.165, 1.54) is 18.2 Å². The zero-order chi connectivity index (χ0) is 13.9. The van der Waals surface area contributed by atoms with E-state index < -0.39 is 4.92 Å². The maximum Gasteiger partial charge on any atom is 0.319 e. The summed E-state index contributed by atoms with van der Waals surface area (Å²) in [5.74, 6) is 0. The number of urea groups is 1. The highest BCUT2D eigenvalue weighted by Gasteiger charge is 2.30. The van der Waals surface area contributed by atoms with Crippen molar-refractivity contribution in [2.75, 3.05) is 18.4 Å². The van der Waals surface area contributed by atoms with E-state index in [9.17, 15) is 14.9 Å². The molecular formula is C12H16N4O3. The maximum absolute atomic E-state index is 11.8. The van der Waals surface area contributed by atoms with E-state index in [1.807, 2.05) is 6.92 Å². The van der Waals surface area contributed by atoms with Crippen LogP contribution in [0.4, 0.5) is 16.2 Å². The van der Waals surface area contributed by atoms with Gasteiger partial charge < -0.3 is 16.0 Å². The van der Waals surface area contributed by atoms with Crippen LogP contribution in [0.15, 0.2) is 24.3 Å². The van der Waals surface area contributed by atoms with E-state index in [-0.39, 0.29) is 17.3 Å². The molecule has 1 aliphatic heterocycles. The minimum atomic E-state index is -0.495. The lowest BCUT2D eigenvalue weighted by Gasteiger charge is -2.24. The van der Waals surface area contributed by atoms with Gasteiger partial charge in [-0.1, -0.05) is 6.07 Å². The Morgan fingerprint density at radius 1 is 1.53 bits per heavy atom. The molecule has 7 nitrogen and oxygen atoms in total. The minimum Gasteiger partial charge on any atom is -0.331 e. The fourth-order valence-corrected chi connectivity index (χ4v) is 2.06. The highest BCUT2D eigenvalue weighted by atomic mass is 16.6. The van der Waals surface area contributed by atoms with Gasteiger partial charge in [0.25, 0.3) is 5.69 Å². The zero-order valence-electron chi connectivity index (χ0n) is 10.6. The lowest BCUT2D eigenvalue weighted by atomic mass is 10.0. The smallest absolute Gasteiger partial charge is 0.319 e. The molecule has 1 aromatic carbocycles. The number of anilines is 1. The molecule has 1 saturated heterocycles. The molecule has 19 heavy (non-hydrogen) atoms. The molecule has 0 saturated carbocycles. The first-order valence-corrected chi connectivity index (χ1v) is 6.03. The number of carbonyl (C=O) groups excluding carboxylic acids is 1. The third-order valence-corrected chi connectivity index (χ3v) is 3.10. The lowest BCUT2D eigenvalue weighted by Crippen LogP contribution is -2.49. The number of amides is 2. The van der Waals surface area contributed by atoms with Gasteiger partial charge in [-0.2, -0.15) is 0 Å². The Morgan fingerprint density at radius 3 is 2.95 bits per heavy atom. The third-order valence-electron chi connectivity index (χ3n) is 3.10. The van der Waals surface area contributed by atoms with Crippen molar-refractivity contribution in [2.24, 2.45) is 0 Å². The summed E-state index contributed by atoms with van der Waals surface area (Å²) in [5.41, 5.74) is 0.0814. The van der Waals surface area contributed by atoms with Gasteiger partial charge in [-0.15, -0.1) is 0 Å². The minimum absolute atomic E-state index is 0.0495. The van der Waals surface area contributed by atoms with E-state index in [0.29, 0.717) is 5.69 Å². The summed E-state index contributed by atoms with van der Waals surface area (Å²) in [4.78, 5) is 22.0. The lowest BCUT2D eigenvalue weighted by molar-refractivity contribution is -0.384. The molecule has 0 aliphatic carbocycles. The summed E-state index contributed by atoms with van der Waals surface area (Å²) in [6, 6.07) is 5.50. The predicted octanol–water partition coefficient (Wildman–Crippen LogP) is 1.47. The quantitative estimate of drug-likeness (QED) is 0.569. The molecule has 0 radical (unpaired) electrons. The van der Waals surface area contributed by atoms with Crippen LogP contribution in [-0.2, 0) is 0 Å². The van der Waals surface area contributed by atoms with Gasteiger partial charge in [0.05, 0.1) is 10.5 Å². The van der Waals surface area contributed by atoms with Crippen molar-refractivity contribution in [2.45, 2.75) is 18.9 Å². The molecule has 1 fully saturated rings. The summed E-state index contributed by atoms with van der Waals surface area (Å²) < 4.78 is 0. The Labute approximate surface area is 110 Å². The first-order valence-electron chi connectivity index (χ1n) is 6.03. The molecule has 2 amide bonds. The number of nitro benzene ring substituents is 1. The molecule has 0 spiro atoms. The summed E-state index contributed by atoms with van der Waals surface area (Å²) in [5, 5.41) is 19.3. The third kappa shape index (κ3) is 3.41. The summed E-state index contributed by atoms with van der Waals surface area (Å²) >= 11 is 0. The van der Waals surface area contributed by atoms with Gasteiger partial charge in [-0.3, -0.25) is 10.1 Å². The first-order chi connectivity index (χ1) is 8.98. The van der Waals surface area contributed by atoms with Gasteiger partial charge in [-0.25, -0.2) is 4.79 Å². The number of hydrogen-bond donors (Lipinski definition) is 3. The number of nitrogens with one attached hydrogen (secondary N) is 3. The molecule has 2 rings (SSSR count).